The van der Waals surface area contributed by atoms with E-state index in [1.54, 1.807) is 20.2 Å². The van der Waals surface area contributed by atoms with E-state index in [1.165, 1.54) is 12.1 Å². The average Bonchev–Trinajstić information content (AvgIpc) is 2.99. The molecular weight excluding hydrogens is 427 g/mol. The highest BCUT2D eigenvalue weighted by Gasteiger charge is 2.24. The van der Waals surface area contributed by atoms with E-state index in [9.17, 15) is 8.78 Å². The molecule has 0 aliphatic carbocycles. The van der Waals surface area contributed by atoms with Crippen molar-refractivity contribution in [2.75, 3.05) is 40.4 Å². The van der Waals surface area contributed by atoms with Gasteiger partial charge < -0.3 is 15.0 Å². The van der Waals surface area contributed by atoms with Crippen LogP contribution in [0.5, 0.6) is 0 Å². The monoisotopic (exact) mass is 453 g/mol. The van der Waals surface area contributed by atoms with Crippen LogP contribution in [0.4, 0.5) is 8.78 Å². The smallest absolute Gasteiger partial charge is 0.193 e. The number of hydrogen-bond donors (Lipinski definition) is 1. The highest BCUT2D eigenvalue weighted by Crippen LogP contribution is 2.19. The van der Waals surface area contributed by atoms with E-state index in [2.05, 4.69) is 15.2 Å². The van der Waals surface area contributed by atoms with Crippen molar-refractivity contribution in [1.82, 2.24) is 10.2 Å². The number of rotatable bonds is 5. The second-order valence-electron chi connectivity index (χ2n) is 6.06. The minimum atomic E-state index is -0.814. The molecule has 24 heavy (non-hydrogen) atoms. The van der Waals surface area contributed by atoms with Gasteiger partial charge >= 0.3 is 0 Å². The van der Waals surface area contributed by atoms with E-state index in [0.29, 0.717) is 12.5 Å². The number of hydrogen-bond acceptors (Lipinski definition) is 2. The third-order valence-electron chi connectivity index (χ3n) is 4.28. The summed E-state index contributed by atoms with van der Waals surface area (Å²) in [6.07, 6.45) is 1.09. The van der Waals surface area contributed by atoms with Crippen LogP contribution in [0.1, 0.15) is 24.8 Å². The molecule has 1 aliphatic rings. The minimum absolute atomic E-state index is 0. The van der Waals surface area contributed by atoms with Gasteiger partial charge in [-0.2, -0.15) is 0 Å². The summed E-state index contributed by atoms with van der Waals surface area (Å²) in [5.74, 6) is -0.189. The Hall–Kier alpha value is -0.960. The molecule has 2 unspecified atom stereocenters. The molecule has 7 heteroatoms. The summed E-state index contributed by atoms with van der Waals surface area (Å²) in [7, 11) is 3.48. The first kappa shape index (κ1) is 21.1. The average molecular weight is 453 g/mol. The summed E-state index contributed by atoms with van der Waals surface area (Å²) in [6.45, 7) is 5.23. The largest absolute Gasteiger partial charge is 0.384 e. The lowest BCUT2D eigenvalue weighted by Crippen LogP contribution is -2.41. The molecule has 0 saturated carbocycles. The number of ether oxygens (including phenoxy) is 1. The van der Waals surface area contributed by atoms with Crippen LogP contribution in [0.15, 0.2) is 23.2 Å². The molecule has 2 atom stereocenters. The van der Waals surface area contributed by atoms with Gasteiger partial charge in [-0.3, -0.25) is 4.99 Å². The van der Waals surface area contributed by atoms with Gasteiger partial charge in [0.15, 0.2) is 17.6 Å². The Labute approximate surface area is 159 Å². The van der Waals surface area contributed by atoms with Crippen molar-refractivity contribution in [3.63, 3.8) is 0 Å². The molecule has 1 heterocycles. The Morgan fingerprint density at radius 3 is 2.79 bits per heavy atom. The zero-order valence-electron chi connectivity index (χ0n) is 14.4. The third-order valence-corrected chi connectivity index (χ3v) is 4.28. The van der Waals surface area contributed by atoms with E-state index < -0.39 is 11.6 Å². The molecule has 1 aliphatic heterocycles. The van der Waals surface area contributed by atoms with E-state index in [0.717, 1.165) is 37.6 Å². The molecule has 0 spiro atoms. The number of likely N-dealkylation sites (tertiary alicyclic amines) is 1. The fraction of sp³-hybridized carbons (Fsp3) is 0.588. The minimum Gasteiger partial charge on any atom is -0.384 e. The molecule has 0 bridgehead atoms. The van der Waals surface area contributed by atoms with Crippen molar-refractivity contribution < 1.29 is 13.5 Å². The van der Waals surface area contributed by atoms with Crippen LogP contribution in [-0.4, -0.2) is 51.3 Å². The van der Waals surface area contributed by atoms with Crippen LogP contribution in [0.3, 0.4) is 0 Å². The first-order valence-electron chi connectivity index (χ1n) is 7.94. The van der Waals surface area contributed by atoms with Gasteiger partial charge in [0.05, 0.1) is 6.61 Å². The fourth-order valence-electron chi connectivity index (χ4n) is 2.91. The van der Waals surface area contributed by atoms with Gasteiger partial charge in [0.25, 0.3) is 0 Å². The SMILES string of the molecule is CN=C(NCC(C)c1ccc(F)c(F)c1)N1CCC(COC)C1.I. The second kappa shape index (κ2) is 10.1. The first-order valence-corrected chi connectivity index (χ1v) is 7.94. The molecular formula is C17H26F2IN3O. The Morgan fingerprint density at radius 1 is 1.42 bits per heavy atom. The van der Waals surface area contributed by atoms with Crippen molar-refractivity contribution in [2.45, 2.75) is 19.3 Å². The molecule has 1 aromatic rings. The lowest BCUT2D eigenvalue weighted by Gasteiger charge is -2.23. The van der Waals surface area contributed by atoms with Crippen LogP contribution in [0.2, 0.25) is 0 Å². The van der Waals surface area contributed by atoms with Gasteiger partial charge in [0.1, 0.15) is 0 Å². The molecule has 4 nitrogen and oxygen atoms in total. The number of nitrogens with one attached hydrogen (secondary N) is 1. The first-order chi connectivity index (χ1) is 11.0. The van der Waals surface area contributed by atoms with Crippen LogP contribution in [0.25, 0.3) is 0 Å². The van der Waals surface area contributed by atoms with Gasteiger partial charge in [-0.15, -0.1) is 24.0 Å². The standard InChI is InChI=1S/C17H25F2N3O.HI/c1-12(14-4-5-15(18)16(19)8-14)9-21-17(20-2)22-7-6-13(10-22)11-23-3;/h4-5,8,12-13H,6-7,9-11H2,1-3H3,(H,20,21);1H. The van der Waals surface area contributed by atoms with Crippen LogP contribution >= 0.6 is 24.0 Å². The Morgan fingerprint density at radius 2 is 2.17 bits per heavy atom. The second-order valence-corrected chi connectivity index (χ2v) is 6.06. The normalized spacial score (nSPS) is 19.1. The molecule has 0 aromatic heterocycles. The van der Waals surface area contributed by atoms with E-state index >= 15 is 0 Å². The highest BCUT2D eigenvalue weighted by atomic mass is 127. The highest BCUT2D eigenvalue weighted by molar-refractivity contribution is 14.0. The van der Waals surface area contributed by atoms with Gasteiger partial charge in [-0.1, -0.05) is 13.0 Å². The topological polar surface area (TPSA) is 36.9 Å². The van der Waals surface area contributed by atoms with Crippen molar-refractivity contribution in [3.05, 3.63) is 35.4 Å². The van der Waals surface area contributed by atoms with Crippen molar-refractivity contribution in [2.24, 2.45) is 10.9 Å². The fourth-order valence-corrected chi connectivity index (χ4v) is 2.91. The molecule has 2 rings (SSSR count). The number of nitrogens with zero attached hydrogens (tertiary/aromatic N) is 2. The van der Waals surface area contributed by atoms with Crippen LogP contribution < -0.4 is 5.32 Å². The predicted molar refractivity (Wildman–Crippen MR) is 103 cm³/mol. The van der Waals surface area contributed by atoms with Crippen molar-refractivity contribution >= 4 is 29.9 Å². The number of halogens is 3. The zero-order valence-corrected chi connectivity index (χ0v) is 16.7. The summed E-state index contributed by atoms with van der Waals surface area (Å²) in [4.78, 5) is 6.53. The molecule has 1 fully saturated rings. The van der Waals surface area contributed by atoms with E-state index in [4.69, 9.17) is 4.74 Å². The number of aliphatic imine (C=N–C) groups is 1. The third kappa shape index (κ3) is 5.54. The molecule has 1 aromatic carbocycles. The molecule has 0 radical (unpaired) electrons. The number of methoxy groups -OCH3 is 1. The predicted octanol–water partition coefficient (Wildman–Crippen LogP) is 3.23. The van der Waals surface area contributed by atoms with Crippen molar-refractivity contribution in [1.29, 1.82) is 0 Å². The van der Waals surface area contributed by atoms with Gasteiger partial charge in [0, 0.05) is 39.7 Å². The Balaban J connectivity index is 0.00000288. The van der Waals surface area contributed by atoms with Crippen molar-refractivity contribution in [3.8, 4) is 0 Å². The quantitative estimate of drug-likeness (QED) is 0.423. The maximum Gasteiger partial charge on any atom is 0.193 e. The molecule has 1 N–H and O–H groups in total. The van der Waals surface area contributed by atoms with Gasteiger partial charge in [0.2, 0.25) is 0 Å². The van der Waals surface area contributed by atoms with Gasteiger partial charge in [-0.25, -0.2) is 8.78 Å². The van der Waals surface area contributed by atoms with E-state index in [-0.39, 0.29) is 29.9 Å². The van der Waals surface area contributed by atoms with Gasteiger partial charge in [-0.05, 0) is 30.0 Å². The Kier molecular flexibility index (Phi) is 8.90. The lowest BCUT2D eigenvalue weighted by atomic mass is 10.0. The maximum atomic E-state index is 13.3. The molecule has 136 valence electrons. The molecule has 1 saturated heterocycles. The Bertz CT molecular complexity index is 557. The summed E-state index contributed by atoms with van der Waals surface area (Å²) in [5, 5.41) is 3.33. The zero-order chi connectivity index (χ0) is 16.8. The summed E-state index contributed by atoms with van der Waals surface area (Å²) in [5.41, 5.74) is 0.769. The maximum absolute atomic E-state index is 13.3. The number of benzene rings is 1. The number of guanidine groups is 1. The molecule has 0 amide bonds. The van der Waals surface area contributed by atoms with E-state index in [1.807, 2.05) is 6.92 Å². The van der Waals surface area contributed by atoms with Crippen LogP contribution in [0, 0.1) is 17.6 Å². The summed E-state index contributed by atoms with van der Waals surface area (Å²) >= 11 is 0. The summed E-state index contributed by atoms with van der Waals surface area (Å²) in [6, 6.07) is 4.05. The van der Waals surface area contributed by atoms with Crippen LogP contribution in [-0.2, 0) is 4.74 Å². The summed E-state index contributed by atoms with van der Waals surface area (Å²) < 4.78 is 31.5. The lowest BCUT2D eigenvalue weighted by molar-refractivity contribution is 0.157.